The number of hydrogen-bond donors (Lipinski definition) is 1. The van der Waals surface area contributed by atoms with Crippen LogP contribution in [0.3, 0.4) is 0 Å². The first-order chi connectivity index (χ1) is 17.2. The lowest BCUT2D eigenvalue weighted by molar-refractivity contribution is -0.144. The van der Waals surface area contributed by atoms with Crippen molar-refractivity contribution in [3.05, 3.63) is 77.9 Å². The highest BCUT2D eigenvalue weighted by Gasteiger charge is 2.29. The van der Waals surface area contributed by atoms with E-state index in [1.165, 1.54) is 0 Å². The second-order valence-corrected chi connectivity index (χ2v) is 9.26. The molecule has 2 aliphatic heterocycles. The van der Waals surface area contributed by atoms with Gasteiger partial charge in [-0.3, -0.25) is 9.69 Å². The molecule has 0 aromatic heterocycles. The van der Waals surface area contributed by atoms with Gasteiger partial charge in [0, 0.05) is 6.54 Å². The van der Waals surface area contributed by atoms with Crippen LogP contribution in [0.4, 0.5) is 0 Å². The third-order valence-electron chi connectivity index (χ3n) is 7.02. The number of benzene rings is 4. The van der Waals surface area contributed by atoms with E-state index in [1.807, 2.05) is 48.5 Å². The van der Waals surface area contributed by atoms with Crippen molar-refractivity contribution in [3.63, 3.8) is 0 Å². The Hall–Kier alpha value is -3.77. The molecule has 6 rings (SSSR count). The van der Waals surface area contributed by atoms with Gasteiger partial charge in [-0.15, -0.1) is 0 Å². The second-order valence-electron chi connectivity index (χ2n) is 9.26. The molecule has 4 aromatic carbocycles. The lowest BCUT2D eigenvalue weighted by Gasteiger charge is -2.33. The lowest BCUT2D eigenvalue weighted by Crippen LogP contribution is -2.44. The molecular formula is C29H27NO5. The lowest BCUT2D eigenvalue weighted by atomic mass is 9.94. The minimum Gasteiger partial charge on any atom is -0.489 e. The van der Waals surface area contributed by atoms with Crippen LogP contribution in [0.2, 0.25) is 0 Å². The van der Waals surface area contributed by atoms with E-state index in [1.54, 1.807) is 0 Å². The van der Waals surface area contributed by atoms with Crippen LogP contribution in [0.15, 0.2) is 66.7 Å². The SMILES string of the molecule is O=C(O)C1CCCCN1Cc1cc2cc3c(cc2c2cc(OCc4ccccc4)ccc12)OCO3. The molecule has 1 fully saturated rings. The zero-order valence-electron chi connectivity index (χ0n) is 19.4. The van der Waals surface area contributed by atoms with Gasteiger partial charge in [-0.25, -0.2) is 0 Å². The van der Waals surface area contributed by atoms with Gasteiger partial charge in [-0.1, -0.05) is 42.8 Å². The van der Waals surface area contributed by atoms with Crippen molar-refractivity contribution in [2.45, 2.75) is 38.5 Å². The maximum atomic E-state index is 11.9. The summed E-state index contributed by atoms with van der Waals surface area (Å²) in [6.07, 6.45) is 2.67. The fourth-order valence-corrected chi connectivity index (χ4v) is 5.24. The zero-order chi connectivity index (χ0) is 23.8. The first-order valence-electron chi connectivity index (χ1n) is 12.1. The molecular weight excluding hydrogens is 442 g/mol. The topological polar surface area (TPSA) is 68.2 Å². The summed E-state index contributed by atoms with van der Waals surface area (Å²) in [5, 5.41) is 14.0. The average Bonchev–Trinajstić information content (AvgIpc) is 3.34. The molecule has 1 unspecified atom stereocenters. The predicted octanol–water partition coefficient (Wildman–Crippen LogP) is 5.74. The standard InChI is InChI=1S/C29H27NO5/c31-29(32)26-8-4-5-11-30(26)16-21-12-20-13-27-28(35-18-34-27)15-24(20)25-14-22(9-10-23(21)25)33-17-19-6-2-1-3-7-19/h1-3,6-7,9-10,12-15,26H,4-5,8,11,16-18H2,(H,31,32). The molecule has 2 heterocycles. The van der Waals surface area contributed by atoms with Gasteiger partial charge in [0.15, 0.2) is 11.5 Å². The number of rotatable bonds is 6. The van der Waals surface area contributed by atoms with Gasteiger partial charge in [0.2, 0.25) is 6.79 Å². The van der Waals surface area contributed by atoms with Crippen LogP contribution in [-0.4, -0.2) is 35.4 Å². The highest BCUT2D eigenvalue weighted by atomic mass is 16.7. The van der Waals surface area contributed by atoms with Gasteiger partial charge in [-0.05, 0) is 82.4 Å². The van der Waals surface area contributed by atoms with Crippen molar-refractivity contribution in [2.75, 3.05) is 13.3 Å². The zero-order valence-corrected chi connectivity index (χ0v) is 19.4. The molecule has 6 heteroatoms. The second kappa shape index (κ2) is 9.12. The van der Waals surface area contributed by atoms with Crippen molar-refractivity contribution in [1.29, 1.82) is 0 Å². The summed E-state index contributed by atoms with van der Waals surface area (Å²) in [6, 6.07) is 22.0. The van der Waals surface area contributed by atoms with Gasteiger partial charge in [0.25, 0.3) is 0 Å². The largest absolute Gasteiger partial charge is 0.489 e. The van der Waals surface area contributed by atoms with Gasteiger partial charge in [0.1, 0.15) is 18.4 Å². The number of ether oxygens (including phenoxy) is 3. The Morgan fingerprint density at radius 1 is 0.943 bits per heavy atom. The van der Waals surface area contributed by atoms with E-state index in [0.29, 0.717) is 19.6 Å². The highest BCUT2D eigenvalue weighted by molar-refractivity contribution is 6.10. The Kier molecular flexibility index (Phi) is 5.66. The molecule has 0 spiro atoms. The first kappa shape index (κ1) is 21.7. The summed E-state index contributed by atoms with van der Waals surface area (Å²) in [4.78, 5) is 14.0. The highest BCUT2D eigenvalue weighted by Crippen LogP contribution is 2.41. The minimum absolute atomic E-state index is 0.218. The van der Waals surface area contributed by atoms with E-state index in [9.17, 15) is 9.90 Å². The molecule has 178 valence electrons. The van der Waals surface area contributed by atoms with Gasteiger partial charge < -0.3 is 19.3 Å². The third-order valence-corrected chi connectivity index (χ3v) is 7.02. The number of carboxylic acids is 1. The van der Waals surface area contributed by atoms with Crippen molar-refractivity contribution in [1.82, 2.24) is 4.90 Å². The van der Waals surface area contributed by atoms with Crippen LogP contribution in [0.5, 0.6) is 17.2 Å². The van der Waals surface area contributed by atoms with Gasteiger partial charge in [-0.2, -0.15) is 0 Å². The Morgan fingerprint density at radius 2 is 1.77 bits per heavy atom. The Labute approximate surface area is 203 Å². The summed E-state index contributed by atoms with van der Waals surface area (Å²) < 4.78 is 17.4. The third kappa shape index (κ3) is 4.26. The number of fused-ring (bicyclic) bond motifs is 4. The smallest absolute Gasteiger partial charge is 0.320 e. The van der Waals surface area contributed by atoms with E-state index < -0.39 is 12.0 Å². The van der Waals surface area contributed by atoms with E-state index in [0.717, 1.165) is 69.3 Å². The number of aliphatic carboxylic acids is 1. The molecule has 4 aromatic rings. The normalized spacial score (nSPS) is 17.7. The molecule has 0 bridgehead atoms. The van der Waals surface area contributed by atoms with Crippen molar-refractivity contribution in [2.24, 2.45) is 0 Å². The maximum Gasteiger partial charge on any atom is 0.320 e. The molecule has 0 amide bonds. The van der Waals surface area contributed by atoms with Crippen LogP contribution < -0.4 is 14.2 Å². The van der Waals surface area contributed by atoms with Gasteiger partial charge >= 0.3 is 5.97 Å². The van der Waals surface area contributed by atoms with Crippen molar-refractivity contribution in [3.8, 4) is 17.2 Å². The van der Waals surface area contributed by atoms with Crippen LogP contribution in [0, 0.1) is 0 Å². The van der Waals surface area contributed by atoms with E-state index >= 15 is 0 Å². The van der Waals surface area contributed by atoms with Crippen LogP contribution in [0.25, 0.3) is 21.5 Å². The maximum absolute atomic E-state index is 11.9. The number of carboxylic acid groups (broad SMARTS) is 1. The Bertz CT molecular complexity index is 1400. The van der Waals surface area contributed by atoms with Crippen molar-refractivity contribution >= 4 is 27.5 Å². The number of piperidine rings is 1. The molecule has 1 saturated heterocycles. The molecule has 35 heavy (non-hydrogen) atoms. The summed E-state index contributed by atoms with van der Waals surface area (Å²) in [6.45, 7) is 2.08. The quantitative estimate of drug-likeness (QED) is 0.363. The number of carbonyl (C=O) groups is 1. The number of likely N-dealkylation sites (tertiary alicyclic amines) is 1. The number of nitrogens with zero attached hydrogens (tertiary/aromatic N) is 1. The molecule has 1 atom stereocenters. The first-order valence-corrected chi connectivity index (χ1v) is 12.1. The Morgan fingerprint density at radius 3 is 2.60 bits per heavy atom. The fourth-order valence-electron chi connectivity index (χ4n) is 5.24. The summed E-state index contributed by atoms with van der Waals surface area (Å²) >= 11 is 0. The van der Waals surface area contributed by atoms with Gasteiger partial charge in [0.05, 0.1) is 0 Å². The predicted molar refractivity (Wildman–Crippen MR) is 134 cm³/mol. The minimum atomic E-state index is -0.741. The van der Waals surface area contributed by atoms with Crippen LogP contribution in [0.1, 0.15) is 30.4 Å². The summed E-state index contributed by atoms with van der Waals surface area (Å²) in [7, 11) is 0. The van der Waals surface area contributed by atoms with Crippen LogP contribution >= 0.6 is 0 Å². The summed E-state index contributed by atoms with van der Waals surface area (Å²) in [5.41, 5.74) is 2.22. The van der Waals surface area contributed by atoms with E-state index in [-0.39, 0.29) is 6.79 Å². The fraction of sp³-hybridized carbons (Fsp3) is 0.276. The molecule has 1 N–H and O–H groups in total. The molecule has 2 aliphatic rings. The van der Waals surface area contributed by atoms with E-state index in [2.05, 4.69) is 23.1 Å². The van der Waals surface area contributed by atoms with Crippen LogP contribution in [-0.2, 0) is 17.9 Å². The summed E-state index contributed by atoms with van der Waals surface area (Å²) in [5.74, 6) is 1.53. The molecule has 6 nitrogen and oxygen atoms in total. The average molecular weight is 470 g/mol. The molecule has 0 saturated carbocycles. The Balaban J connectivity index is 1.43. The van der Waals surface area contributed by atoms with E-state index in [4.69, 9.17) is 14.2 Å². The molecule has 0 aliphatic carbocycles. The van der Waals surface area contributed by atoms with Crippen molar-refractivity contribution < 1.29 is 24.1 Å². The molecule has 0 radical (unpaired) electrons. The number of hydrogen-bond acceptors (Lipinski definition) is 5. The monoisotopic (exact) mass is 469 g/mol.